The van der Waals surface area contributed by atoms with Gasteiger partial charge in [-0.3, -0.25) is 4.79 Å². The van der Waals surface area contributed by atoms with E-state index in [-0.39, 0.29) is 17.2 Å². The van der Waals surface area contributed by atoms with Crippen molar-refractivity contribution < 1.29 is 14.3 Å². The van der Waals surface area contributed by atoms with Crippen molar-refractivity contribution in [3.63, 3.8) is 0 Å². The first-order chi connectivity index (χ1) is 12.9. The second-order valence-electron chi connectivity index (χ2n) is 5.97. The minimum atomic E-state index is -0.962. The molecule has 3 heterocycles. The Morgan fingerprint density at radius 2 is 2.15 bits per heavy atom. The molecule has 1 aliphatic rings. The second-order valence-corrected chi connectivity index (χ2v) is 8.63. The van der Waals surface area contributed by atoms with Crippen LogP contribution in [-0.2, 0) is 4.79 Å². The first-order valence-electron chi connectivity index (χ1n) is 8.04. The molecule has 136 valence electrons. The number of thioether (sulfide) groups is 1. The molecular formula is C19H13FN2O2S3. The molecule has 2 N–H and O–H groups in total. The number of fused-ring (bicyclic) bond motifs is 1. The summed E-state index contributed by atoms with van der Waals surface area (Å²) in [5, 5.41) is 15.0. The number of amides is 1. The third-order valence-electron chi connectivity index (χ3n) is 4.10. The molecule has 27 heavy (non-hydrogen) atoms. The summed E-state index contributed by atoms with van der Waals surface area (Å²) >= 11 is 7.56. The highest BCUT2D eigenvalue weighted by Gasteiger charge is 2.23. The molecular weight excluding hydrogens is 403 g/mol. The number of nitrogens with zero attached hydrogens (tertiary/aromatic N) is 1. The normalized spacial score (nSPS) is 16.9. The maximum Gasteiger partial charge on any atom is 0.263 e. The van der Waals surface area contributed by atoms with E-state index < -0.39 is 11.9 Å². The van der Waals surface area contributed by atoms with Gasteiger partial charge in [0.05, 0.1) is 16.5 Å². The molecule has 1 aromatic carbocycles. The average molecular weight is 417 g/mol. The van der Waals surface area contributed by atoms with Gasteiger partial charge in [-0.2, -0.15) is 0 Å². The summed E-state index contributed by atoms with van der Waals surface area (Å²) in [6.45, 7) is 1.54. The van der Waals surface area contributed by atoms with Gasteiger partial charge in [-0.25, -0.2) is 9.37 Å². The summed E-state index contributed by atoms with van der Waals surface area (Å²) in [5.41, 5.74) is 1.64. The Morgan fingerprint density at radius 3 is 2.85 bits per heavy atom. The molecule has 1 aliphatic heterocycles. The van der Waals surface area contributed by atoms with Gasteiger partial charge in [0.25, 0.3) is 5.91 Å². The fourth-order valence-electron chi connectivity index (χ4n) is 2.92. The molecule has 0 spiro atoms. The first kappa shape index (κ1) is 18.2. The lowest BCUT2D eigenvalue weighted by Crippen LogP contribution is -2.17. The molecule has 1 unspecified atom stereocenters. The number of rotatable bonds is 3. The van der Waals surface area contributed by atoms with E-state index in [9.17, 15) is 9.90 Å². The maximum atomic E-state index is 15.1. The molecule has 4 rings (SSSR count). The van der Waals surface area contributed by atoms with E-state index >= 15 is 4.39 Å². The van der Waals surface area contributed by atoms with Crippen molar-refractivity contribution in [1.82, 2.24) is 10.3 Å². The van der Waals surface area contributed by atoms with E-state index in [0.29, 0.717) is 25.7 Å². The standard InChI is InChI=1S/C19H13FN2O2S3/c1-9(23)15-12-4-2-3-5-13(12)21-17(16(15)20)10-6-11(26-8-10)7-14-18(24)22-19(25)27-14/h2-9,23H,1H3,(H,22,24,25)/b14-7-. The molecule has 0 radical (unpaired) electrons. The number of thiophene rings is 1. The lowest BCUT2D eigenvalue weighted by Gasteiger charge is -2.13. The molecule has 0 saturated carbocycles. The Balaban J connectivity index is 1.81. The van der Waals surface area contributed by atoms with Crippen molar-refractivity contribution >= 4 is 62.5 Å². The number of hydrogen-bond donors (Lipinski definition) is 2. The number of aromatic nitrogens is 1. The number of carbonyl (C=O) groups is 1. The third-order valence-corrected chi connectivity index (χ3v) is 6.14. The molecule has 0 aliphatic carbocycles. The van der Waals surface area contributed by atoms with Crippen LogP contribution in [0, 0.1) is 5.82 Å². The molecule has 1 saturated heterocycles. The van der Waals surface area contributed by atoms with Crippen LogP contribution in [0.5, 0.6) is 0 Å². The minimum absolute atomic E-state index is 0.185. The van der Waals surface area contributed by atoms with Crippen LogP contribution in [0.3, 0.4) is 0 Å². The SMILES string of the molecule is CC(O)c1c(F)c(-c2csc(/C=C3\SC(=S)NC3=O)c2)nc2ccccc12. The summed E-state index contributed by atoms with van der Waals surface area (Å²) in [7, 11) is 0. The van der Waals surface area contributed by atoms with Crippen LogP contribution in [0.15, 0.2) is 40.6 Å². The third kappa shape index (κ3) is 3.41. The van der Waals surface area contributed by atoms with Crippen molar-refractivity contribution in [2.24, 2.45) is 0 Å². The van der Waals surface area contributed by atoms with Crippen LogP contribution in [0.2, 0.25) is 0 Å². The Labute approximate surface area is 168 Å². The van der Waals surface area contributed by atoms with E-state index in [0.717, 1.165) is 4.88 Å². The van der Waals surface area contributed by atoms with E-state index in [2.05, 4.69) is 10.3 Å². The monoisotopic (exact) mass is 416 g/mol. The number of pyridine rings is 1. The Morgan fingerprint density at radius 1 is 1.37 bits per heavy atom. The largest absolute Gasteiger partial charge is 0.389 e. The predicted molar refractivity (Wildman–Crippen MR) is 112 cm³/mol. The number of carbonyl (C=O) groups excluding carboxylic acids is 1. The number of aliphatic hydroxyl groups excluding tert-OH is 1. The van der Waals surface area contributed by atoms with Crippen molar-refractivity contribution in [1.29, 1.82) is 0 Å². The molecule has 8 heteroatoms. The van der Waals surface area contributed by atoms with Gasteiger partial charge in [-0.15, -0.1) is 11.3 Å². The molecule has 4 nitrogen and oxygen atoms in total. The zero-order chi connectivity index (χ0) is 19.1. The van der Waals surface area contributed by atoms with Gasteiger partial charge in [0, 0.05) is 26.8 Å². The summed E-state index contributed by atoms with van der Waals surface area (Å²) in [6.07, 6.45) is 0.763. The van der Waals surface area contributed by atoms with Crippen LogP contribution < -0.4 is 5.32 Å². The number of nitrogens with one attached hydrogen (secondary N) is 1. The van der Waals surface area contributed by atoms with E-state index in [1.54, 1.807) is 35.7 Å². The zero-order valence-electron chi connectivity index (χ0n) is 14.0. The minimum Gasteiger partial charge on any atom is -0.389 e. The maximum absolute atomic E-state index is 15.1. The highest BCUT2D eigenvalue weighted by Crippen LogP contribution is 2.35. The van der Waals surface area contributed by atoms with Crippen LogP contribution >= 0.6 is 35.3 Å². The molecule has 1 fully saturated rings. The summed E-state index contributed by atoms with van der Waals surface area (Å²) in [4.78, 5) is 17.6. The molecule has 1 amide bonds. The van der Waals surface area contributed by atoms with Gasteiger partial charge in [0.15, 0.2) is 5.82 Å². The van der Waals surface area contributed by atoms with Gasteiger partial charge in [0.2, 0.25) is 0 Å². The zero-order valence-corrected chi connectivity index (χ0v) is 16.5. The quantitative estimate of drug-likeness (QED) is 0.481. The lowest BCUT2D eigenvalue weighted by molar-refractivity contribution is -0.115. The van der Waals surface area contributed by atoms with Crippen molar-refractivity contribution in [2.45, 2.75) is 13.0 Å². The molecule has 3 aromatic rings. The number of para-hydroxylation sites is 1. The first-order valence-corrected chi connectivity index (χ1v) is 10.1. The van der Waals surface area contributed by atoms with Gasteiger partial charge in [0.1, 0.15) is 10.0 Å². The molecule has 1 atom stereocenters. The van der Waals surface area contributed by atoms with Crippen LogP contribution in [-0.4, -0.2) is 20.3 Å². The number of aliphatic hydroxyl groups is 1. The summed E-state index contributed by atoms with van der Waals surface area (Å²) in [6, 6.07) is 8.93. The van der Waals surface area contributed by atoms with Gasteiger partial charge >= 0.3 is 0 Å². The highest BCUT2D eigenvalue weighted by molar-refractivity contribution is 8.26. The van der Waals surface area contributed by atoms with Crippen LogP contribution in [0.1, 0.15) is 23.5 Å². The average Bonchev–Trinajstić information content (AvgIpc) is 3.20. The summed E-state index contributed by atoms with van der Waals surface area (Å²) < 4.78 is 15.6. The second kappa shape index (κ2) is 7.12. The number of benzene rings is 1. The van der Waals surface area contributed by atoms with Gasteiger partial charge in [-0.05, 0) is 25.1 Å². The van der Waals surface area contributed by atoms with Crippen molar-refractivity contribution in [2.75, 3.05) is 0 Å². The van der Waals surface area contributed by atoms with E-state index in [1.165, 1.54) is 30.0 Å². The smallest absolute Gasteiger partial charge is 0.263 e. The fourth-order valence-corrected chi connectivity index (χ4v) is 4.85. The predicted octanol–water partition coefficient (Wildman–Crippen LogP) is 4.64. The van der Waals surface area contributed by atoms with Crippen molar-refractivity contribution in [3.05, 3.63) is 56.9 Å². The van der Waals surface area contributed by atoms with Crippen LogP contribution in [0.4, 0.5) is 4.39 Å². The molecule has 0 bridgehead atoms. The van der Waals surface area contributed by atoms with Crippen molar-refractivity contribution in [3.8, 4) is 11.3 Å². The number of hydrogen-bond acceptors (Lipinski definition) is 6. The number of halogens is 1. The lowest BCUT2D eigenvalue weighted by atomic mass is 10.0. The van der Waals surface area contributed by atoms with Gasteiger partial charge < -0.3 is 10.4 Å². The highest BCUT2D eigenvalue weighted by atomic mass is 32.2. The molecule has 2 aromatic heterocycles. The fraction of sp³-hybridized carbons (Fsp3) is 0.105. The van der Waals surface area contributed by atoms with E-state index in [4.69, 9.17) is 12.2 Å². The van der Waals surface area contributed by atoms with Crippen LogP contribution in [0.25, 0.3) is 28.2 Å². The van der Waals surface area contributed by atoms with Gasteiger partial charge in [-0.1, -0.05) is 42.2 Å². The Bertz CT molecular complexity index is 1120. The van der Waals surface area contributed by atoms with E-state index in [1.807, 2.05) is 6.07 Å². The topological polar surface area (TPSA) is 62.2 Å². The number of thiocarbonyl (C=S) groups is 1. The summed E-state index contributed by atoms with van der Waals surface area (Å²) in [5.74, 6) is -0.763. The Kier molecular flexibility index (Phi) is 4.81. The Hall–Kier alpha value is -2.13.